The fourth-order valence-electron chi connectivity index (χ4n) is 2.48. The van der Waals surface area contributed by atoms with Crippen LogP contribution in [-0.4, -0.2) is 29.0 Å². The number of nitrogens with zero attached hydrogens (tertiary/aromatic N) is 2. The summed E-state index contributed by atoms with van der Waals surface area (Å²) in [4.78, 5) is 11.9. The van der Waals surface area contributed by atoms with E-state index in [1.807, 2.05) is 36.5 Å². The Morgan fingerprint density at radius 3 is 2.67 bits per heavy atom. The number of carbonyl (C=O) groups excluding carboxylic acids is 1. The van der Waals surface area contributed by atoms with Crippen molar-refractivity contribution in [2.75, 3.05) is 11.9 Å². The lowest BCUT2D eigenvalue weighted by Gasteiger charge is -2.10. The van der Waals surface area contributed by atoms with Crippen LogP contribution < -0.4 is 15.4 Å². The topological polar surface area (TPSA) is 68.2 Å². The first-order chi connectivity index (χ1) is 13.1. The molecule has 0 saturated heterocycles. The Hall–Kier alpha value is -3.42. The van der Waals surface area contributed by atoms with Crippen molar-refractivity contribution in [2.24, 2.45) is 0 Å². The van der Waals surface area contributed by atoms with Crippen molar-refractivity contribution in [3.8, 4) is 11.4 Å². The van der Waals surface area contributed by atoms with Gasteiger partial charge < -0.3 is 15.4 Å². The molecule has 3 aromatic rings. The minimum Gasteiger partial charge on any atom is -0.435 e. The molecule has 6 nitrogen and oxygen atoms in total. The zero-order valence-corrected chi connectivity index (χ0v) is 14.3. The summed E-state index contributed by atoms with van der Waals surface area (Å²) in [7, 11) is 0. The Morgan fingerprint density at radius 2 is 1.96 bits per heavy atom. The van der Waals surface area contributed by atoms with E-state index in [2.05, 4.69) is 20.5 Å². The second kappa shape index (κ2) is 8.79. The lowest BCUT2D eigenvalue weighted by molar-refractivity contribution is -0.0497. The van der Waals surface area contributed by atoms with E-state index in [9.17, 15) is 13.6 Å². The molecule has 0 aliphatic rings. The summed E-state index contributed by atoms with van der Waals surface area (Å²) in [5.74, 6) is -0.0138. The van der Waals surface area contributed by atoms with Gasteiger partial charge in [0.25, 0.3) is 0 Å². The first-order valence-corrected chi connectivity index (χ1v) is 8.29. The molecule has 0 atom stereocenters. The van der Waals surface area contributed by atoms with Crippen molar-refractivity contribution in [3.63, 3.8) is 0 Å². The van der Waals surface area contributed by atoms with Crippen molar-refractivity contribution in [2.45, 2.75) is 13.0 Å². The van der Waals surface area contributed by atoms with Gasteiger partial charge in [0.15, 0.2) is 0 Å². The van der Waals surface area contributed by atoms with E-state index in [4.69, 9.17) is 0 Å². The van der Waals surface area contributed by atoms with E-state index in [0.717, 1.165) is 11.3 Å². The van der Waals surface area contributed by atoms with Crippen LogP contribution in [0.4, 0.5) is 19.3 Å². The predicted octanol–water partition coefficient (Wildman–Crippen LogP) is 3.84. The number of hydrogen-bond donors (Lipinski definition) is 2. The molecule has 2 N–H and O–H groups in total. The number of benzene rings is 2. The van der Waals surface area contributed by atoms with Crippen molar-refractivity contribution in [3.05, 3.63) is 72.6 Å². The van der Waals surface area contributed by atoms with Gasteiger partial charge in [0.05, 0.1) is 5.69 Å². The van der Waals surface area contributed by atoms with Crippen molar-refractivity contribution >= 4 is 11.7 Å². The number of urea groups is 1. The minimum atomic E-state index is -2.91. The maximum absolute atomic E-state index is 12.2. The number of anilines is 1. The van der Waals surface area contributed by atoms with Crippen molar-refractivity contribution in [1.82, 2.24) is 15.1 Å². The summed E-state index contributed by atoms with van der Waals surface area (Å²) in [6.07, 6.45) is 4.23. The average Bonchev–Trinajstić information content (AvgIpc) is 3.17. The molecular formula is C19H18F2N4O2. The largest absolute Gasteiger partial charge is 0.435 e. The first kappa shape index (κ1) is 18.4. The Labute approximate surface area is 154 Å². The Bertz CT molecular complexity index is 868. The zero-order chi connectivity index (χ0) is 19.1. The zero-order valence-electron chi connectivity index (χ0n) is 14.3. The van der Waals surface area contributed by atoms with Gasteiger partial charge in [-0.1, -0.05) is 18.2 Å². The van der Waals surface area contributed by atoms with E-state index in [0.29, 0.717) is 18.7 Å². The molecule has 0 bridgehead atoms. The fourth-order valence-corrected chi connectivity index (χ4v) is 2.48. The van der Waals surface area contributed by atoms with Crippen LogP contribution in [0.3, 0.4) is 0 Å². The van der Waals surface area contributed by atoms with Gasteiger partial charge in [-0.3, -0.25) is 0 Å². The molecule has 27 heavy (non-hydrogen) atoms. The van der Waals surface area contributed by atoms with Gasteiger partial charge in [-0.25, -0.2) is 9.48 Å². The number of alkyl halides is 2. The molecule has 0 spiro atoms. The third-order valence-corrected chi connectivity index (χ3v) is 3.72. The third-order valence-electron chi connectivity index (χ3n) is 3.72. The Morgan fingerprint density at radius 1 is 1.15 bits per heavy atom. The number of amides is 2. The number of hydrogen-bond acceptors (Lipinski definition) is 3. The molecular weight excluding hydrogens is 354 g/mol. The van der Waals surface area contributed by atoms with Gasteiger partial charge in [-0.15, -0.1) is 0 Å². The maximum Gasteiger partial charge on any atom is 0.387 e. The molecule has 0 unspecified atom stereocenters. The van der Waals surface area contributed by atoms with Gasteiger partial charge in [-0.05, 0) is 42.3 Å². The molecule has 140 valence electrons. The van der Waals surface area contributed by atoms with Crippen LogP contribution in [0.25, 0.3) is 5.69 Å². The Kier molecular flexibility index (Phi) is 5.98. The summed E-state index contributed by atoms with van der Waals surface area (Å²) in [5.41, 5.74) is 2.40. The number of halogens is 2. The third kappa shape index (κ3) is 5.53. The highest BCUT2D eigenvalue weighted by atomic mass is 19.3. The number of ether oxygens (including phenoxy) is 1. The second-order valence-electron chi connectivity index (χ2n) is 5.65. The van der Waals surface area contributed by atoms with Crippen LogP contribution in [0.1, 0.15) is 5.56 Å². The van der Waals surface area contributed by atoms with Crippen molar-refractivity contribution in [1.29, 1.82) is 0 Å². The minimum absolute atomic E-state index is 0.0138. The van der Waals surface area contributed by atoms with Crippen LogP contribution in [0, 0.1) is 0 Å². The fraction of sp³-hybridized carbons (Fsp3) is 0.158. The van der Waals surface area contributed by atoms with Gasteiger partial charge >= 0.3 is 12.6 Å². The highest BCUT2D eigenvalue weighted by Gasteiger charge is 2.06. The van der Waals surface area contributed by atoms with E-state index >= 15 is 0 Å². The molecule has 8 heteroatoms. The summed E-state index contributed by atoms with van der Waals surface area (Å²) in [6.45, 7) is -2.48. The number of rotatable bonds is 7. The molecule has 2 aromatic carbocycles. The van der Waals surface area contributed by atoms with E-state index < -0.39 is 12.6 Å². The summed E-state index contributed by atoms with van der Waals surface area (Å²) >= 11 is 0. The average molecular weight is 372 g/mol. The molecule has 0 fully saturated rings. The highest BCUT2D eigenvalue weighted by Crippen LogP contribution is 2.19. The Balaban J connectivity index is 1.45. The van der Waals surface area contributed by atoms with E-state index in [1.54, 1.807) is 16.9 Å². The summed E-state index contributed by atoms with van der Waals surface area (Å²) in [6, 6.07) is 15.1. The quantitative estimate of drug-likeness (QED) is 0.662. The standard InChI is InChI=1S/C19H18F2N4O2/c20-18(21)27-17-4-1-3-15(13-17)24-19(26)22-11-9-14-5-7-16(8-6-14)25-12-2-10-23-25/h1-8,10,12-13,18H,9,11H2,(H2,22,24,26). The lowest BCUT2D eigenvalue weighted by Crippen LogP contribution is -2.30. The number of aromatic nitrogens is 2. The molecule has 1 aromatic heterocycles. The second-order valence-corrected chi connectivity index (χ2v) is 5.65. The van der Waals surface area contributed by atoms with E-state index in [1.165, 1.54) is 18.2 Å². The molecule has 2 amide bonds. The van der Waals surface area contributed by atoms with Crippen molar-refractivity contribution < 1.29 is 18.3 Å². The van der Waals surface area contributed by atoms with Gasteiger partial charge in [0, 0.05) is 30.7 Å². The monoisotopic (exact) mass is 372 g/mol. The first-order valence-electron chi connectivity index (χ1n) is 8.29. The molecule has 3 rings (SSSR count). The number of carbonyl (C=O) groups is 1. The van der Waals surface area contributed by atoms with Crippen LogP contribution in [0.15, 0.2) is 67.0 Å². The molecule has 0 saturated carbocycles. The molecule has 0 aliphatic heterocycles. The number of nitrogens with one attached hydrogen (secondary N) is 2. The summed E-state index contributed by atoms with van der Waals surface area (Å²) in [5, 5.41) is 9.47. The summed E-state index contributed by atoms with van der Waals surface area (Å²) < 4.78 is 30.5. The van der Waals surface area contributed by atoms with Crippen LogP contribution in [-0.2, 0) is 6.42 Å². The maximum atomic E-state index is 12.2. The van der Waals surface area contributed by atoms with Crippen LogP contribution in [0.2, 0.25) is 0 Å². The van der Waals surface area contributed by atoms with Crippen LogP contribution >= 0.6 is 0 Å². The van der Waals surface area contributed by atoms with Crippen LogP contribution in [0.5, 0.6) is 5.75 Å². The lowest BCUT2D eigenvalue weighted by atomic mass is 10.1. The van der Waals surface area contributed by atoms with Gasteiger partial charge in [0.2, 0.25) is 0 Å². The normalized spacial score (nSPS) is 10.6. The molecule has 0 aliphatic carbocycles. The molecule has 1 heterocycles. The highest BCUT2D eigenvalue weighted by molar-refractivity contribution is 5.89. The van der Waals surface area contributed by atoms with E-state index in [-0.39, 0.29) is 5.75 Å². The predicted molar refractivity (Wildman–Crippen MR) is 97.4 cm³/mol. The van der Waals surface area contributed by atoms with Gasteiger partial charge in [-0.2, -0.15) is 13.9 Å². The molecule has 0 radical (unpaired) electrons. The van der Waals surface area contributed by atoms with Gasteiger partial charge in [0.1, 0.15) is 5.75 Å². The smallest absolute Gasteiger partial charge is 0.387 e. The SMILES string of the molecule is O=C(NCCc1ccc(-n2cccn2)cc1)Nc1cccc(OC(F)F)c1.